The van der Waals surface area contributed by atoms with Gasteiger partial charge in [-0.2, -0.15) is 5.10 Å². The van der Waals surface area contributed by atoms with E-state index in [1.54, 1.807) is 5.01 Å². The summed E-state index contributed by atoms with van der Waals surface area (Å²) in [5.74, 6) is 0. The number of hydrogen-bond donors (Lipinski definition) is 1. The van der Waals surface area contributed by atoms with Crippen molar-refractivity contribution in [1.29, 1.82) is 0 Å². The Morgan fingerprint density at radius 1 is 1.36 bits per heavy atom. The predicted molar refractivity (Wildman–Crippen MR) is 65.4 cm³/mol. The predicted octanol–water partition coefficient (Wildman–Crippen LogP) is 1.94. The zero-order chi connectivity index (χ0) is 11.6. The van der Waals surface area contributed by atoms with Crippen LogP contribution < -0.4 is 0 Å². The monoisotopic (exact) mass is 216 g/mol. The van der Waals surface area contributed by atoms with Crippen molar-refractivity contribution in [2.45, 2.75) is 45.1 Å². The van der Waals surface area contributed by atoms with E-state index in [0.717, 1.165) is 12.1 Å². The van der Waals surface area contributed by atoms with E-state index in [1.807, 2.05) is 27.9 Å². The van der Waals surface area contributed by atoms with E-state index in [0.29, 0.717) is 0 Å². The molecule has 0 fully saturated rings. The van der Waals surface area contributed by atoms with Crippen molar-refractivity contribution >= 4 is 13.8 Å². The molecule has 0 bridgehead atoms. The van der Waals surface area contributed by atoms with Crippen LogP contribution in [-0.2, 0) is 0 Å². The van der Waals surface area contributed by atoms with Gasteiger partial charge in [0.15, 0.2) is 0 Å². The smallest absolute Gasteiger partial charge is 0.0902 e. The molecular formula is C10H24N2OSi. The van der Waals surface area contributed by atoms with Crippen molar-refractivity contribution in [1.82, 2.24) is 5.01 Å². The first-order valence-electron chi connectivity index (χ1n) is 5.10. The van der Waals surface area contributed by atoms with E-state index in [1.165, 1.54) is 0 Å². The zero-order valence-corrected chi connectivity index (χ0v) is 11.5. The molecule has 0 amide bonds. The summed E-state index contributed by atoms with van der Waals surface area (Å²) in [6.07, 6.45) is 0.801. The summed E-state index contributed by atoms with van der Waals surface area (Å²) < 4.78 is 0. The molecule has 0 saturated heterocycles. The first kappa shape index (κ1) is 13.6. The Bertz CT molecular complexity index is 217. The summed E-state index contributed by atoms with van der Waals surface area (Å²) in [5, 5.41) is 15.9. The molecule has 0 rings (SSSR count). The van der Waals surface area contributed by atoms with Gasteiger partial charge in [0.2, 0.25) is 0 Å². The third kappa shape index (κ3) is 3.10. The summed E-state index contributed by atoms with van der Waals surface area (Å²) >= 11 is 0. The van der Waals surface area contributed by atoms with Crippen LogP contribution in [0, 0.1) is 0 Å². The minimum absolute atomic E-state index is 0.716. The van der Waals surface area contributed by atoms with Gasteiger partial charge < -0.3 is 10.1 Å². The fourth-order valence-corrected chi connectivity index (χ4v) is 2.28. The summed E-state index contributed by atoms with van der Waals surface area (Å²) in [5.41, 5.74) is 0.890. The Labute approximate surface area is 88.8 Å². The third-order valence-corrected chi connectivity index (χ3v) is 5.89. The SMILES string of the molecule is CCC(=NN(C)C)C(C)(O)[Si](C)(C)C. The second-order valence-electron chi connectivity index (χ2n) is 5.07. The highest BCUT2D eigenvalue weighted by Crippen LogP contribution is 2.23. The summed E-state index contributed by atoms with van der Waals surface area (Å²) in [6.45, 7) is 10.4. The summed E-state index contributed by atoms with van der Waals surface area (Å²) in [7, 11) is 2.13. The molecule has 0 aromatic carbocycles. The zero-order valence-electron chi connectivity index (χ0n) is 10.5. The van der Waals surface area contributed by atoms with E-state index in [4.69, 9.17) is 0 Å². The lowest BCUT2D eigenvalue weighted by Crippen LogP contribution is -2.55. The van der Waals surface area contributed by atoms with Crippen molar-refractivity contribution in [3.05, 3.63) is 0 Å². The van der Waals surface area contributed by atoms with Gasteiger partial charge in [-0.15, -0.1) is 0 Å². The fourth-order valence-electron chi connectivity index (χ4n) is 1.19. The number of hydrazone groups is 1. The van der Waals surface area contributed by atoms with Crippen LogP contribution in [0.25, 0.3) is 0 Å². The van der Waals surface area contributed by atoms with Crippen LogP contribution in [0.15, 0.2) is 5.10 Å². The second kappa shape index (κ2) is 4.44. The highest BCUT2D eigenvalue weighted by Gasteiger charge is 2.41. The lowest BCUT2D eigenvalue weighted by atomic mass is 10.2. The van der Waals surface area contributed by atoms with Gasteiger partial charge in [-0.3, -0.25) is 0 Å². The largest absolute Gasteiger partial charge is 0.388 e. The average Bonchev–Trinajstić information content (AvgIpc) is 1.97. The van der Waals surface area contributed by atoms with Gasteiger partial charge in [0.05, 0.1) is 19.0 Å². The molecule has 1 atom stereocenters. The molecule has 0 aromatic heterocycles. The van der Waals surface area contributed by atoms with Crippen LogP contribution in [-0.4, -0.2) is 43.2 Å². The standard InChI is InChI=1S/C10H24N2OSi/c1-8-9(11-12(3)4)10(2,13)14(5,6)7/h13H,8H2,1-7H3. The summed E-state index contributed by atoms with van der Waals surface area (Å²) in [4.78, 5) is 0. The third-order valence-electron chi connectivity index (χ3n) is 2.68. The highest BCUT2D eigenvalue weighted by atomic mass is 28.3. The second-order valence-corrected chi connectivity index (χ2v) is 10.5. The van der Waals surface area contributed by atoms with E-state index in [9.17, 15) is 5.11 Å². The molecular weight excluding hydrogens is 192 g/mol. The minimum Gasteiger partial charge on any atom is -0.388 e. The van der Waals surface area contributed by atoms with Gasteiger partial charge in [-0.1, -0.05) is 26.6 Å². The molecule has 0 heterocycles. The van der Waals surface area contributed by atoms with Gasteiger partial charge in [0.1, 0.15) is 0 Å². The van der Waals surface area contributed by atoms with Crippen molar-refractivity contribution in [2.75, 3.05) is 14.1 Å². The van der Waals surface area contributed by atoms with Crippen molar-refractivity contribution in [2.24, 2.45) is 5.10 Å². The highest BCUT2D eigenvalue weighted by molar-refractivity contribution is 6.82. The van der Waals surface area contributed by atoms with Crippen LogP contribution in [0.5, 0.6) is 0 Å². The molecule has 14 heavy (non-hydrogen) atoms. The lowest BCUT2D eigenvalue weighted by Gasteiger charge is -2.36. The lowest BCUT2D eigenvalue weighted by molar-refractivity contribution is 0.201. The van der Waals surface area contributed by atoms with Crippen molar-refractivity contribution < 1.29 is 5.11 Å². The average molecular weight is 216 g/mol. The molecule has 1 unspecified atom stereocenters. The van der Waals surface area contributed by atoms with Gasteiger partial charge in [-0.25, -0.2) is 0 Å². The molecule has 84 valence electrons. The molecule has 1 N–H and O–H groups in total. The maximum atomic E-state index is 10.5. The molecule has 0 spiro atoms. The number of nitrogens with zero attached hydrogens (tertiary/aromatic N) is 2. The van der Waals surface area contributed by atoms with Crippen LogP contribution in [0.1, 0.15) is 20.3 Å². The van der Waals surface area contributed by atoms with Crippen LogP contribution in [0.2, 0.25) is 19.6 Å². The Balaban J connectivity index is 5.04. The topological polar surface area (TPSA) is 35.8 Å². The van der Waals surface area contributed by atoms with Gasteiger partial charge in [0.25, 0.3) is 0 Å². The molecule has 4 heteroatoms. The number of hydrogen-bond acceptors (Lipinski definition) is 3. The van der Waals surface area contributed by atoms with Gasteiger partial charge in [0, 0.05) is 14.1 Å². The molecule has 0 saturated carbocycles. The van der Waals surface area contributed by atoms with Crippen molar-refractivity contribution in [3.8, 4) is 0 Å². The molecule has 0 aliphatic heterocycles. The summed E-state index contributed by atoms with van der Waals surface area (Å²) in [6, 6.07) is 0. The van der Waals surface area contributed by atoms with E-state index in [-0.39, 0.29) is 0 Å². The van der Waals surface area contributed by atoms with E-state index in [2.05, 4.69) is 24.7 Å². The number of aliphatic hydroxyl groups is 1. The molecule has 0 aliphatic carbocycles. The van der Waals surface area contributed by atoms with Crippen molar-refractivity contribution in [3.63, 3.8) is 0 Å². The Morgan fingerprint density at radius 3 is 2.00 bits per heavy atom. The molecule has 0 aromatic rings. The minimum atomic E-state index is -1.64. The van der Waals surface area contributed by atoms with Crippen LogP contribution >= 0.6 is 0 Å². The van der Waals surface area contributed by atoms with Crippen LogP contribution in [0.4, 0.5) is 0 Å². The maximum Gasteiger partial charge on any atom is 0.0902 e. The Morgan fingerprint density at radius 2 is 1.79 bits per heavy atom. The van der Waals surface area contributed by atoms with E-state index >= 15 is 0 Å². The molecule has 0 radical (unpaired) electrons. The first-order valence-corrected chi connectivity index (χ1v) is 8.60. The van der Waals surface area contributed by atoms with E-state index < -0.39 is 13.3 Å². The maximum absolute atomic E-state index is 10.5. The normalized spacial score (nSPS) is 17.9. The van der Waals surface area contributed by atoms with Gasteiger partial charge in [-0.05, 0) is 13.3 Å². The molecule has 0 aliphatic rings. The van der Waals surface area contributed by atoms with Crippen LogP contribution in [0.3, 0.4) is 0 Å². The first-order chi connectivity index (χ1) is 6.13. The Kier molecular flexibility index (Phi) is 4.33. The quantitative estimate of drug-likeness (QED) is 0.443. The molecule has 3 nitrogen and oxygen atoms in total. The fraction of sp³-hybridized carbons (Fsp3) is 0.900. The van der Waals surface area contributed by atoms with Gasteiger partial charge >= 0.3 is 0 Å². The Hall–Kier alpha value is -0.353. The number of rotatable bonds is 4.